The highest BCUT2D eigenvalue weighted by molar-refractivity contribution is 5.87. The summed E-state index contributed by atoms with van der Waals surface area (Å²) in [5.74, 6) is -1.02. The van der Waals surface area contributed by atoms with Crippen LogP contribution in [0.5, 0.6) is 0 Å². The van der Waals surface area contributed by atoms with E-state index in [1.807, 2.05) is 20.8 Å². The van der Waals surface area contributed by atoms with Crippen molar-refractivity contribution >= 4 is 11.9 Å². The fourth-order valence-corrected chi connectivity index (χ4v) is 1.65. The van der Waals surface area contributed by atoms with Gasteiger partial charge in [0.05, 0.1) is 5.56 Å². The number of hydrogen-bond acceptors (Lipinski definition) is 3. The molecule has 0 spiro atoms. The molecule has 20 heavy (non-hydrogen) atoms. The second kappa shape index (κ2) is 7.05. The van der Waals surface area contributed by atoms with Crippen LogP contribution in [0, 0.1) is 0 Å². The highest BCUT2D eigenvalue weighted by Gasteiger charge is 2.09. The Labute approximate surface area is 119 Å². The molecule has 1 aromatic carbocycles. The van der Waals surface area contributed by atoms with Gasteiger partial charge < -0.3 is 15.7 Å². The molecule has 5 heteroatoms. The van der Waals surface area contributed by atoms with E-state index in [1.54, 1.807) is 18.2 Å². The first-order chi connectivity index (χ1) is 9.28. The monoisotopic (exact) mass is 278 g/mol. The van der Waals surface area contributed by atoms with Crippen molar-refractivity contribution in [2.24, 2.45) is 0 Å². The van der Waals surface area contributed by atoms with Crippen LogP contribution in [-0.2, 0) is 11.3 Å². The van der Waals surface area contributed by atoms with Crippen molar-refractivity contribution in [2.45, 2.75) is 39.3 Å². The Bertz CT molecular complexity index is 478. The van der Waals surface area contributed by atoms with E-state index >= 15 is 0 Å². The van der Waals surface area contributed by atoms with Crippen LogP contribution >= 0.6 is 0 Å². The molecule has 0 fully saturated rings. The lowest BCUT2D eigenvalue weighted by Gasteiger charge is -2.20. The minimum Gasteiger partial charge on any atom is -0.478 e. The predicted molar refractivity (Wildman–Crippen MR) is 77.6 cm³/mol. The molecular formula is C15H22N2O3. The minimum atomic E-state index is -0.965. The van der Waals surface area contributed by atoms with Crippen LogP contribution < -0.4 is 10.6 Å². The fraction of sp³-hybridized carbons (Fsp3) is 0.467. The number of hydrogen-bond donors (Lipinski definition) is 3. The summed E-state index contributed by atoms with van der Waals surface area (Å²) in [6, 6.07) is 6.56. The van der Waals surface area contributed by atoms with Gasteiger partial charge in [0.2, 0.25) is 5.91 Å². The lowest BCUT2D eigenvalue weighted by molar-refractivity contribution is -0.121. The lowest BCUT2D eigenvalue weighted by Crippen LogP contribution is -2.38. The molecule has 0 atom stereocenters. The summed E-state index contributed by atoms with van der Waals surface area (Å²) in [7, 11) is 0. The molecule has 0 saturated heterocycles. The fourth-order valence-electron chi connectivity index (χ4n) is 1.65. The molecule has 1 amide bonds. The number of benzene rings is 1. The second-order valence-corrected chi connectivity index (χ2v) is 5.71. The average Bonchev–Trinajstić information content (AvgIpc) is 2.35. The van der Waals surface area contributed by atoms with Gasteiger partial charge in [-0.3, -0.25) is 4.79 Å². The molecule has 0 bridgehead atoms. The Hall–Kier alpha value is -1.88. The highest BCUT2D eigenvalue weighted by Crippen LogP contribution is 2.05. The van der Waals surface area contributed by atoms with E-state index in [9.17, 15) is 9.59 Å². The van der Waals surface area contributed by atoms with Crippen LogP contribution in [0.1, 0.15) is 43.1 Å². The molecule has 1 aromatic rings. The number of rotatable bonds is 6. The van der Waals surface area contributed by atoms with Gasteiger partial charge in [0, 0.05) is 25.0 Å². The average molecular weight is 278 g/mol. The van der Waals surface area contributed by atoms with Gasteiger partial charge in [-0.25, -0.2) is 4.79 Å². The predicted octanol–water partition coefficient (Wildman–Crippen LogP) is 1.78. The van der Waals surface area contributed by atoms with Crippen LogP contribution in [0.2, 0.25) is 0 Å². The van der Waals surface area contributed by atoms with Crippen LogP contribution in [0.25, 0.3) is 0 Å². The topological polar surface area (TPSA) is 78.4 Å². The largest absolute Gasteiger partial charge is 0.478 e. The molecule has 1 rings (SSSR count). The van der Waals surface area contributed by atoms with E-state index in [-0.39, 0.29) is 17.0 Å². The standard InChI is InChI=1S/C15H22N2O3/c1-15(2,3)17-8-7-13(18)16-10-11-5-4-6-12(9-11)14(19)20/h4-6,9,17H,7-8,10H2,1-3H3,(H,16,18)(H,19,20). The Morgan fingerprint density at radius 2 is 1.95 bits per heavy atom. The van der Waals surface area contributed by atoms with E-state index in [1.165, 1.54) is 6.07 Å². The van der Waals surface area contributed by atoms with Crippen molar-refractivity contribution in [1.82, 2.24) is 10.6 Å². The smallest absolute Gasteiger partial charge is 0.335 e. The molecule has 5 nitrogen and oxygen atoms in total. The zero-order valence-corrected chi connectivity index (χ0v) is 12.2. The van der Waals surface area contributed by atoms with Gasteiger partial charge in [0.15, 0.2) is 0 Å². The van der Waals surface area contributed by atoms with Crippen molar-refractivity contribution in [3.63, 3.8) is 0 Å². The molecule has 0 aliphatic rings. The van der Waals surface area contributed by atoms with Crippen LogP contribution in [0.3, 0.4) is 0 Å². The summed E-state index contributed by atoms with van der Waals surface area (Å²) in [6.45, 7) is 7.09. The number of carbonyl (C=O) groups excluding carboxylic acids is 1. The first kappa shape index (κ1) is 16.2. The van der Waals surface area contributed by atoms with Crippen molar-refractivity contribution < 1.29 is 14.7 Å². The van der Waals surface area contributed by atoms with Crippen LogP contribution in [0.15, 0.2) is 24.3 Å². The summed E-state index contributed by atoms with van der Waals surface area (Å²) in [4.78, 5) is 22.5. The Morgan fingerprint density at radius 3 is 2.55 bits per heavy atom. The summed E-state index contributed by atoms with van der Waals surface area (Å²) >= 11 is 0. The SMILES string of the molecule is CC(C)(C)NCCC(=O)NCc1cccc(C(=O)O)c1. The quantitative estimate of drug-likeness (QED) is 0.741. The molecule has 0 unspecified atom stereocenters. The van der Waals surface area contributed by atoms with Crippen LogP contribution in [-0.4, -0.2) is 29.1 Å². The molecule has 110 valence electrons. The minimum absolute atomic E-state index is 0.00387. The lowest BCUT2D eigenvalue weighted by atomic mass is 10.1. The third-order valence-corrected chi connectivity index (χ3v) is 2.67. The summed E-state index contributed by atoms with van der Waals surface area (Å²) in [5, 5.41) is 14.9. The van der Waals surface area contributed by atoms with E-state index in [4.69, 9.17) is 5.11 Å². The van der Waals surface area contributed by atoms with Crippen molar-refractivity contribution in [3.05, 3.63) is 35.4 Å². The normalized spacial score (nSPS) is 11.2. The molecule has 0 aliphatic heterocycles. The molecular weight excluding hydrogens is 256 g/mol. The first-order valence-corrected chi connectivity index (χ1v) is 6.62. The van der Waals surface area contributed by atoms with Gasteiger partial charge in [-0.2, -0.15) is 0 Å². The summed E-state index contributed by atoms with van der Waals surface area (Å²) < 4.78 is 0. The number of nitrogens with one attached hydrogen (secondary N) is 2. The maximum atomic E-state index is 11.7. The molecule has 0 aliphatic carbocycles. The Morgan fingerprint density at radius 1 is 1.25 bits per heavy atom. The van der Waals surface area contributed by atoms with Crippen molar-refractivity contribution in [3.8, 4) is 0 Å². The highest BCUT2D eigenvalue weighted by atomic mass is 16.4. The van der Waals surface area contributed by atoms with Gasteiger partial charge in [-0.05, 0) is 38.5 Å². The van der Waals surface area contributed by atoms with E-state index in [0.717, 1.165) is 5.56 Å². The number of carbonyl (C=O) groups is 2. The zero-order valence-electron chi connectivity index (χ0n) is 12.2. The van der Waals surface area contributed by atoms with Gasteiger partial charge in [0.1, 0.15) is 0 Å². The molecule has 0 aromatic heterocycles. The molecule has 0 saturated carbocycles. The third-order valence-electron chi connectivity index (χ3n) is 2.67. The van der Waals surface area contributed by atoms with Gasteiger partial charge in [-0.1, -0.05) is 12.1 Å². The van der Waals surface area contributed by atoms with Gasteiger partial charge in [0.25, 0.3) is 0 Å². The van der Waals surface area contributed by atoms with Crippen LogP contribution in [0.4, 0.5) is 0 Å². The Balaban J connectivity index is 2.37. The van der Waals surface area contributed by atoms with E-state index in [2.05, 4.69) is 10.6 Å². The van der Waals surface area contributed by atoms with E-state index < -0.39 is 5.97 Å². The Kier molecular flexibility index (Phi) is 5.70. The molecule has 0 radical (unpaired) electrons. The van der Waals surface area contributed by atoms with Crippen molar-refractivity contribution in [2.75, 3.05) is 6.54 Å². The number of carboxylic acids is 1. The summed E-state index contributed by atoms with van der Waals surface area (Å²) in [6.07, 6.45) is 0.399. The molecule has 3 N–H and O–H groups in total. The molecule has 0 heterocycles. The van der Waals surface area contributed by atoms with E-state index in [0.29, 0.717) is 19.5 Å². The maximum Gasteiger partial charge on any atom is 0.335 e. The third kappa shape index (κ3) is 6.33. The number of carboxylic acid groups (broad SMARTS) is 1. The van der Waals surface area contributed by atoms with Crippen molar-refractivity contribution in [1.29, 1.82) is 0 Å². The first-order valence-electron chi connectivity index (χ1n) is 6.62. The van der Waals surface area contributed by atoms with Gasteiger partial charge in [-0.15, -0.1) is 0 Å². The maximum absolute atomic E-state index is 11.7. The number of amides is 1. The zero-order chi connectivity index (χ0) is 15.2. The number of aromatic carboxylic acids is 1. The van der Waals surface area contributed by atoms with Gasteiger partial charge >= 0.3 is 5.97 Å². The second-order valence-electron chi connectivity index (χ2n) is 5.71. The summed E-state index contributed by atoms with van der Waals surface area (Å²) in [5.41, 5.74) is 1.00.